The summed E-state index contributed by atoms with van der Waals surface area (Å²) in [6, 6.07) is 13.1. The predicted octanol–water partition coefficient (Wildman–Crippen LogP) is 3.93. The van der Waals surface area contributed by atoms with E-state index >= 15 is 0 Å². The highest BCUT2D eigenvalue weighted by Crippen LogP contribution is 2.33. The molecule has 0 amide bonds. The lowest BCUT2D eigenvalue weighted by molar-refractivity contribution is 0.477. The van der Waals surface area contributed by atoms with Crippen LogP contribution in [0.5, 0.6) is 0 Å². The molecular formula is C18H22N2S. The van der Waals surface area contributed by atoms with Crippen LogP contribution in [-0.4, -0.2) is 16.8 Å². The molecule has 1 aromatic heterocycles. The quantitative estimate of drug-likeness (QED) is 0.869. The number of rotatable bonds is 4. The Morgan fingerprint density at radius 3 is 2.90 bits per heavy atom. The summed E-state index contributed by atoms with van der Waals surface area (Å²) >= 11 is 1.85. The molecule has 2 nitrogen and oxygen atoms in total. The van der Waals surface area contributed by atoms with Crippen LogP contribution in [-0.2, 0) is 6.42 Å². The van der Waals surface area contributed by atoms with Gasteiger partial charge in [-0.3, -0.25) is 4.98 Å². The van der Waals surface area contributed by atoms with Crippen LogP contribution in [0.1, 0.15) is 35.6 Å². The molecular weight excluding hydrogens is 276 g/mol. The molecule has 2 N–H and O–H groups in total. The van der Waals surface area contributed by atoms with Crippen molar-refractivity contribution >= 4 is 11.8 Å². The van der Waals surface area contributed by atoms with Crippen LogP contribution in [0.4, 0.5) is 0 Å². The van der Waals surface area contributed by atoms with Crippen LogP contribution in [0.25, 0.3) is 0 Å². The summed E-state index contributed by atoms with van der Waals surface area (Å²) in [6.45, 7) is 2.12. The Balaban J connectivity index is 1.66. The molecule has 2 atom stereocenters. The van der Waals surface area contributed by atoms with Gasteiger partial charge in [0.1, 0.15) is 0 Å². The Morgan fingerprint density at radius 1 is 1.29 bits per heavy atom. The number of aromatic nitrogens is 1. The SMILES string of the molecule is Cc1ccc(SCC(N)C2CCCc3cccnc32)cc1. The molecule has 3 rings (SSSR count). The van der Waals surface area contributed by atoms with Gasteiger partial charge in [-0.05, 0) is 49.9 Å². The molecule has 0 spiro atoms. The van der Waals surface area contributed by atoms with E-state index in [-0.39, 0.29) is 6.04 Å². The van der Waals surface area contributed by atoms with E-state index in [1.54, 1.807) is 0 Å². The summed E-state index contributed by atoms with van der Waals surface area (Å²) in [5, 5.41) is 0. The predicted molar refractivity (Wildman–Crippen MR) is 89.8 cm³/mol. The van der Waals surface area contributed by atoms with Crippen LogP contribution in [0.3, 0.4) is 0 Å². The van der Waals surface area contributed by atoms with Gasteiger partial charge in [0.2, 0.25) is 0 Å². The van der Waals surface area contributed by atoms with Crippen molar-refractivity contribution in [2.24, 2.45) is 5.73 Å². The van der Waals surface area contributed by atoms with E-state index in [0.717, 1.165) is 12.2 Å². The first kappa shape index (κ1) is 14.6. The molecule has 1 aromatic carbocycles. The summed E-state index contributed by atoms with van der Waals surface area (Å²) in [5.74, 6) is 1.36. The number of hydrogen-bond donors (Lipinski definition) is 1. The van der Waals surface area contributed by atoms with Gasteiger partial charge in [0.15, 0.2) is 0 Å². The summed E-state index contributed by atoms with van der Waals surface area (Å²) in [4.78, 5) is 5.90. The smallest absolute Gasteiger partial charge is 0.0482 e. The molecule has 2 unspecified atom stereocenters. The van der Waals surface area contributed by atoms with Crippen molar-refractivity contribution in [1.82, 2.24) is 4.98 Å². The van der Waals surface area contributed by atoms with Crippen LogP contribution in [0.15, 0.2) is 47.5 Å². The van der Waals surface area contributed by atoms with Gasteiger partial charge in [-0.25, -0.2) is 0 Å². The highest BCUT2D eigenvalue weighted by molar-refractivity contribution is 7.99. The first-order chi connectivity index (χ1) is 10.2. The average molecular weight is 298 g/mol. The van der Waals surface area contributed by atoms with Crippen LogP contribution in [0.2, 0.25) is 0 Å². The zero-order chi connectivity index (χ0) is 14.7. The lowest BCUT2D eigenvalue weighted by Crippen LogP contribution is -2.33. The second-order valence-electron chi connectivity index (χ2n) is 5.83. The molecule has 0 fully saturated rings. The molecule has 1 aliphatic carbocycles. The van der Waals surface area contributed by atoms with Crippen molar-refractivity contribution in [3.63, 3.8) is 0 Å². The maximum Gasteiger partial charge on any atom is 0.0482 e. The summed E-state index contributed by atoms with van der Waals surface area (Å²) in [7, 11) is 0. The van der Waals surface area contributed by atoms with Crippen LogP contribution >= 0.6 is 11.8 Å². The monoisotopic (exact) mass is 298 g/mol. The van der Waals surface area contributed by atoms with E-state index in [1.807, 2.05) is 24.0 Å². The maximum atomic E-state index is 6.48. The molecule has 0 saturated heterocycles. The van der Waals surface area contributed by atoms with Crippen molar-refractivity contribution in [3.05, 3.63) is 59.4 Å². The fraction of sp³-hybridized carbons (Fsp3) is 0.389. The maximum absolute atomic E-state index is 6.48. The largest absolute Gasteiger partial charge is 0.326 e. The van der Waals surface area contributed by atoms with E-state index in [4.69, 9.17) is 5.73 Å². The third-order valence-corrected chi connectivity index (χ3v) is 5.38. The molecule has 0 aliphatic heterocycles. The van der Waals surface area contributed by atoms with Crippen molar-refractivity contribution in [3.8, 4) is 0 Å². The second-order valence-corrected chi connectivity index (χ2v) is 6.93. The first-order valence-corrected chi connectivity index (χ1v) is 8.61. The van der Waals surface area contributed by atoms with Crippen molar-refractivity contribution < 1.29 is 0 Å². The number of fused-ring (bicyclic) bond motifs is 1. The Morgan fingerprint density at radius 2 is 2.10 bits per heavy atom. The number of aryl methyl sites for hydroxylation is 2. The zero-order valence-electron chi connectivity index (χ0n) is 12.5. The van der Waals surface area contributed by atoms with E-state index in [1.165, 1.54) is 34.6 Å². The van der Waals surface area contributed by atoms with Gasteiger partial charge >= 0.3 is 0 Å². The second kappa shape index (κ2) is 6.63. The van der Waals surface area contributed by atoms with E-state index < -0.39 is 0 Å². The van der Waals surface area contributed by atoms with Gasteiger partial charge in [0.25, 0.3) is 0 Å². The van der Waals surface area contributed by atoms with E-state index in [9.17, 15) is 0 Å². The van der Waals surface area contributed by atoms with Gasteiger partial charge in [-0.2, -0.15) is 0 Å². The molecule has 2 aromatic rings. The molecule has 1 aliphatic rings. The summed E-state index contributed by atoms with van der Waals surface area (Å²) in [6.07, 6.45) is 5.44. The minimum absolute atomic E-state index is 0.172. The minimum atomic E-state index is 0.172. The van der Waals surface area contributed by atoms with Gasteiger partial charge in [-0.15, -0.1) is 11.8 Å². The van der Waals surface area contributed by atoms with Crippen LogP contribution < -0.4 is 5.73 Å². The Labute approximate surface area is 131 Å². The van der Waals surface area contributed by atoms with Gasteiger partial charge in [-0.1, -0.05) is 23.8 Å². The van der Waals surface area contributed by atoms with Crippen molar-refractivity contribution in [2.45, 2.75) is 43.0 Å². The van der Waals surface area contributed by atoms with Gasteiger partial charge in [0.05, 0.1) is 0 Å². The molecule has 0 saturated carbocycles. The van der Waals surface area contributed by atoms with Crippen LogP contribution in [0, 0.1) is 6.92 Å². The number of pyridine rings is 1. The highest BCUT2D eigenvalue weighted by Gasteiger charge is 2.26. The molecule has 0 radical (unpaired) electrons. The average Bonchev–Trinajstić information content (AvgIpc) is 2.53. The molecule has 3 heteroatoms. The Bertz CT molecular complexity index is 594. The number of nitrogens with zero attached hydrogens (tertiary/aromatic N) is 1. The molecule has 110 valence electrons. The minimum Gasteiger partial charge on any atom is -0.326 e. The lowest BCUT2D eigenvalue weighted by Gasteiger charge is -2.28. The first-order valence-electron chi connectivity index (χ1n) is 7.63. The fourth-order valence-electron chi connectivity index (χ4n) is 3.01. The lowest BCUT2D eigenvalue weighted by atomic mass is 9.83. The number of hydrogen-bond acceptors (Lipinski definition) is 3. The molecule has 1 heterocycles. The van der Waals surface area contributed by atoms with E-state index in [0.29, 0.717) is 5.92 Å². The zero-order valence-corrected chi connectivity index (χ0v) is 13.3. The molecule has 21 heavy (non-hydrogen) atoms. The topological polar surface area (TPSA) is 38.9 Å². The number of benzene rings is 1. The Hall–Kier alpha value is -1.32. The standard InChI is InChI=1S/C18H22N2S/c1-13-7-9-15(10-8-13)21-12-17(19)16-6-2-4-14-5-3-11-20-18(14)16/h3,5,7-11,16-17H,2,4,6,12,19H2,1H3. The third-order valence-electron chi connectivity index (χ3n) is 4.22. The van der Waals surface area contributed by atoms with Gasteiger partial charge in [0, 0.05) is 34.5 Å². The normalized spacial score (nSPS) is 19.0. The fourth-order valence-corrected chi connectivity index (χ4v) is 3.95. The number of thioether (sulfide) groups is 1. The van der Waals surface area contributed by atoms with Crippen molar-refractivity contribution in [2.75, 3.05) is 5.75 Å². The van der Waals surface area contributed by atoms with Crippen molar-refractivity contribution in [1.29, 1.82) is 0 Å². The Kier molecular flexibility index (Phi) is 4.61. The summed E-state index contributed by atoms with van der Waals surface area (Å²) in [5.41, 5.74) is 10.4. The van der Waals surface area contributed by atoms with Gasteiger partial charge < -0.3 is 5.73 Å². The third kappa shape index (κ3) is 3.47. The number of nitrogens with two attached hydrogens (primary N) is 1. The molecule has 0 bridgehead atoms. The highest BCUT2D eigenvalue weighted by atomic mass is 32.2. The summed E-state index contributed by atoms with van der Waals surface area (Å²) < 4.78 is 0. The van der Waals surface area contributed by atoms with E-state index in [2.05, 4.69) is 42.2 Å².